The maximum Gasteiger partial charge on any atom is 0.251 e. The lowest BCUT2D eigenvalue weighted by molar-refractivity contribution is -0.118. The second kappa shape index (κ2) is 10.3. The standard InChI is InChI=1S/C25H27ClFN5O2/c1-15(2)22(29-24(33)16-7-10-18(26)11-8-16)25(34)28-20-14-17(9-12-19(20)27)23-31-30-21-6-4-3-5-13-32(21)23/h7-12,14-15,22H,3-6,13H2,1-2H3,(H,28,34)(H,29,33). The molecule has 34 heavy (non-hydrogen) atoms. The number of nitrogens with zero attached hydrogens (tertiary/aromatic N) is 3. The zero-order chi connectivity index (χ0) is 24.2. The molecule has 0 saturated heterocycles. The first-order valence-electron chi connectivity index (χ1n) is 11.4. The fraction of sp³-hybridized carbons (Fsp3) is 0.360. The molecule has 1 atom stereocenters. The molecule has 2 heterocycles. The van der Waals surface area contributed by atoms with Crippen molar-refractivity contribution in [2.75, 3.05) is 5.32 Å². The van der Waals surface area contributed by atoms with E-state index in [0.29, 0.717) is 22.0 Å². The highest BCUT2D eigenvalue weighted by molar-refractivity contribution is 6.30. The van der Waals surface area contributed by atoms with Gasteiger partial charge in [-0.2, -0.15) is 0 Å². The van der Waals surface area contributed by atoms with E-state index in [-0.39, 0.29) is 11.6 Å². The molecule has 1 aromatic heterocycles. The molecule has 178 valence electrons. The summed E-state index contributed by atoms with van der Waals surface area (Å²) in [5.74, 6) is -0.135. The number of aryl methyl sites for hydroxylation is 1. The van der Waals surface area contributed by atoms with E-state index < -0.39 is 23.7 Å². The van der Waals surface area contributed by atoms with Crippen molar-refractivity contribution in [1.29, 1.82) is 0 Å². The zero-order valence-electron chi connectivity index (χ0n) is 19.1. The first kappa shape index (κ1) is 23.9. The van der Waals surface area contributed by atoms with Gasteiger partial charge >= 0.3 is 0 Å². The molecule has 0 spiro atoms. The van der Waals surface area contributed by atoms with Crippen molar-refractivity contribution < 1.29 is 14.0 Å². The number of anilines is 1. The molecule has 4 rings (SSSR count). The van der Waals surface area contributed by atoms with Crippen LogP contribution in [0.15, 0.2) is 42.5 Å². The molecule has 1 unspecified atom stereocenters. The van der Waals surface area contributed by atoms with Crippen LogP contribution in [0, 0.1) is 11.7 Å². The van der Waals surface area contributed by atoms with Crippen LogP contribution in [0.25, 0.3) is 11.4 Å². The molecule has 0 aliphatic carbocycles. The lowest BCUT2D eigenvalue weighted by atomic mass is 10.0. The van der Waals surface area contributed by atoms with Crippen molar-refractivity contribution in [2.24, 2.45) is 5.92 Å². The molecule has 0 fully saturated rings. The van der Waals surface area contributed by atoms with E-state index in [2.05, 4.69) is 25.4 Å². The summed E-state index contributed by atoms with van der Waals surface area (Å²) in [6.07, 6.45) is 4.10. The quantitative estimate of drug-likeness (QED) is 0.524. The number of nitrogens with one attached hydrogen (secondary N) is 2. The van der Waals surface area contributed by atoms with Crippen LogP contribution in [0.3, 0.4) is 0 Å². The first-order chi connectivity index (χ1) is 16.3. The monoisotopic (exact) mass is 483 g/mol. The van der Waals surface area contributed by atoms with Crippen molar-refractivity contribution in [3.8, 4) is 11.4 Å². The maximum atomic E-state index is 14.6. The van der Waals surface area contributed by atoms with E-state index >= 15 is 0 Å². The Morgan fingerprint density at radius 1 is 1.06 bits per heavy atom. The molecule has 2 aromatic carbocycles. The van der Waals surface area contributed by atoms with E-state index in [1.807, 2.05) is 13.8 Å². The molecule has 2 amide bonds. The van der Waals surface area contributed by atoms with Crippen LogP contribution in [0.1, 0.15) is 49.3 Å². The number of carbonyl (C=O) groups excluding carboxylic acids is 2. The maximum absolute atomic E-state index is 14.6. The minimum atomic E-state index is -0.865. The molecule has 0 radical (unpaired) electrons. The first-order valence-corrected chi connectivity index (χ1v) is 11.8. The van der Waals surface area contributed by atoms with Gasteiger partial charge in [-0.25, -0.2) is 4.39 Å². The third-order valence-corrected chi connectivity index (χ3v) is 6.19. The van der Waals surface area contributed by atoms with Crippen LogP contribution in [-0.2, 0) is 17.8 Å². The second-order valence-electron chi connectivity index (χ2n) is 8.79. The number of hydrogen-bond donors (Lipinski definition) is 2. The molecule has 9 heteroatoms. The molecule has 3 aromatic rings. The van der Waals surface area contributed by atoms with E-state index in [1.54, 1.807) is 36.4 Å². The summed E-state index contributed by atoms with van der Waals surface area (Å²) in [5.41, 5.74) is 1.08. The molecule has 1 aliphatic rings. The molecule has 7 nitrogen and oxygen atoms in total. The summed E-state index contributed by atoms with van der Waals surface area (Å²) in [6, 6.07) is 10.0. The molecule has 0 saturated carbocycles. The topological polar surface area (TPSA) is 88.9 Å². The molecule has 0 bridgehead atoms. The highest BCUT2D eigenvalue weighted by Crippen LogP contribution is 2.27. The molecule has 1 aliphatic heterocycles. The number of fused-ring (bicyclic) bond motifs is 1. The van der Waals surface area contributed by atoms with Crippen molar-refractivity contribution in [3.63, 3.8) is 0 Å². The van der Waals surface area contributed by atoms with Gasteiger partial charge < -0.3 is 15.2 Å². The highest BCUT2D eigenvalue weighted by Gasteiger charge is 2.26. The summed E-state index contributed by atoms with van der Waals surface area (Å²) in [5, 5.41) is 14.5. The Labute approximate surface area is 202 Å². The van der Waals surface area contributed by atoms with Gasteiger partial charge in [0.2, 0.25) is 5.91 Å². The number of rotatable bonds is 6. The molecular formula is C25H27ClFN5O2. The van der Waals surface area contributed by atoms with Crippen molar-refractivity contribution in [1.82, 2.24) is 20.1 Å². The lowest BCUT2D eigenvalue weighted by Gasteiger charge is -2.22. The Hall–Kier alpha value is -3.26. The number of carbonyl (C=O) groups is 2. The number of aromatic nitrogens is 3. The van der Waals surface area contributed by atoms with E-state index in [0.717, 1.165) is 38.1 Å². The van der Waals surface area contributed by atoms with Gasteiger partial charge in [-0.1, -0.05) is 31.9 Å². The van der Waals surface area contributed by atoms with E-state index in [4.69, 9.17) is 11.6 Å². The summed E-state index contributed by atoms with van der Waals surface area (Å²) >= 11 is 5.88. The fourth-order valence-electron chi connectivity index (χ4n) is 4.03. The Morgan fingerprint density at radius 2 is 1.82 bits per heavy atom. The third kappa shape index (κ3) is 5.28. The van der Waals surface area contributed by atoms with Crippen molar-refractivity contribution >= 4 is 29.1 Å². The summed E-state index contributed by atoms with van der Waals surface area (Å²) in [4.78, 5) is 25.7. The third-order valence-electron chi connectivity index (χ3n) is 5.93. The fourth-order valence-corrected chi connectivity index (χ4v) is 4.16. The van der Waals surface area contributed by atoms with Gasteiger partial charge in [-0.3, -0.25) is 9.59 Å². The van der Waals surface area contributed by atoms with Crippen LogP contribution >= 0.6 is 11.6 Å². The zero-order valence-corrected chi connectivity index (χ0v) is 19.9. The summed E-state index contributed by atoms with van der Waals surface area (Å²) in [6.45, 7) is 4.43. The predicted molar refractivity (Wildman–Crippen MR) is 129 cm³/mol. The van der Waals surface area contributed by atoms with Gasteiger partial charge in [0.1, 0.15) is 17.7 Å². The molecule has 2 N–H and O–H groups in total. The second-order valence-corrected chi connectivity index (χ2v) is 9.22. The summed E-state index contributed by atoms with van der Waals surface area (Å²) < 4.78 is 16.7. The highest BCUT2D eigenvalue weighted by atomic mass is 35.5. The largest absolute Gasteiger partial charge is 0.340 e. The lowest BCUT2D eigenvalue weighted by Crippen LogP contribution is -2.47. The summed E-state index contributed by atoms with van der Waals surface area (Å²) in [7, 11) is 0. The van der Waals surface area contributed by atoms with Gasteiger partial charge in [0.15, 0.2) is 5.82 Å². The van der Waals surface area contributed by atoms with E-state index in [9.17, 15) is 14.0 Å². The van der Waals surface area contributed by atoms with Crippen molar-refractivity contribution in [3.05, 3.63) is 64.7 Å². The van der Waals surface area contributed by atoms with Gasteiger partial charge in [-0.05, 0) is 61.2 Å². The normalized spacial score (nSPS) is 14.3. The van der Waals surface area contributed by atoms with Crippen LogP contribution in [0.2, 0.25) is 5.02 Å². The smallest absolute Gasteiger partial charge is 0.251 e. The number of halogens is 2. The van der Waals surface area contributed by atoms with Gasteiger partial charge in [0.25, 0.3) is 5.91 Å². The van der Waals surface area contributed by atoms with Crippen LogP contribution in [-0.4, -0.2) is 32.6 Å². The molecular weight excluding hydrogens is 457 g/mol. The van der Waals surface area contributed by atoms with Gasteiger partial charge in [-0.15, -0.1) is 10.2 Å². The van der Waals surface area contributed by atoms with Gasteiger partial charge in [0.05, 0.1) is 5.69 Å². The number of hydrogen-bond acceptors (Lipinski definition) is 4. The SMILES string of the molecule is CC(C)C(NC(=O)c1ccc(Cl)cc1)C(=O)Nc1cc(-c2nnc3n2CCCCC3)ccc1F. The average Bonchev–Trinajstić information content (AvgIpc) is 3.06. The van der Waals surface area contributed by atoms with Crippen LogP contribution < -0.4 is 10.6 Å². The Morgan fingerprint density at radius 3 is 2.56 bits per heavy atom. The van der Waals surface area contributed by atoms with E-state index in [1.165, 1.54) is 6.07 Å². The Balaban J connectivity index is 1.54. The Kier molecular flexibility index (Phi) is 7.26. The van der Waals surface area contributed by atoms with Crippen molar-refractivity contribution in [2.45, 2.75) is 52.1 Å². The minimum Gasteiger partial charge on any atom is -0.340 e. The predicted octanol–water partition coefficient (Wildman–Crippen LogP) is 4.86. The number of benzene rings is 2. The van der Waals surface area contributed by atoms with Crippen LogP contribution in [0.4, 0.5) is 10.1 Å². The Bertz CT molecular complexity index is 1190. The average molecular weight is 484 g/mol. The minimum absolute atomic E-state index is 0.0277. The van der Waals surface area contributed by atoms with Crippen LogP contribution in [0.5, 0.6) is 0 Å². The van der Waals surface area contributed by atoms with Gasteiger partial charge in [0, 0.05) is 29.1 Å². The number of amides is 2.